The molecule has 0 amide bonds. The van der Waals surface area contributed by atoms with Crippen molar-refractivity contribution in [3.05, 3.63) is 12.5 Å². The van der Waals surface area contributed by atoms with Crippen LogP contribution >= 0.6 is 0 Å². The molecule has 6 nitrogen and oxygen atoms in total. The first-order valence-corrected chi connectivity index (χ1v) is 7.39. The summed E-state index contributed by atoms with van der Waals surface area (Å²) in [5.74, 6) is 0.545. The van der Waals surface area contributed by atoms with Gasteiger partial charge in [0.2, 0.25) is 0 Å². The molecule has 0 bridgehead atoms. The van der Waals surface area contributed by atoms with Crippen LogP contribution in [0.2, 0.25) is 0 Å². The van der Waals surface area contributed by atoms with E-state index in [4.69, 9.17) is 0 Å². The Bertz CT molecular complexity index is 536. The molecule has 98 valence electrons. The van der Waals surface area contributed by atoms with Gasteiger partial charge < -0.3 is 4.98 Å². The van der Waals surface area contributed by atoms with Crippen molar-refractivity contribution in [1.82, 2.24) is 14.7 Å². The van der Waals surface area contributed by atoms with E-state index >= 15 is 0 Å². The molecule has 1 aliphatic rings. The smallest absolute Gasteiger partial charge is 0.258 e. The van der Waals surface area contributed by atoms with Crippen molar-refractivity contribution < 1.29 is 8.42 Å². The molecule has 0 unspecified atom stereocenters. The Balaban J connectivity index is 2.20. The van der Waals surface area contributed by atoms with Gasteiger partial charge >= 0.3 is 0 Å². The molecule has 1 aromatic heterocycles. The summed E-state index contributed by atoms with van der Waals surface area (Å²) in [5.41, 5.74) is -0.976. The summed E-state index contributed by atoms with van der Waals surface area (Å²) in [7, 11) is -3.70. The van der Waals surface area contributed by atoms with Crippen LogP contribution in [0.1, 0.15) is 32.6 Å². The maximum absolute atomic E-state index is 12.1. The SMILES string of the molecule is CC1CCC(C#N)(NS(=O)(=O)c2cnc[nH]2)CC1. The van der Waals surface area contributed by atoms with Crippen molar-refractivity contribution in [3.8, 4) is 6.07 Å². The van der Waals surface area contributed by atoms with Crippen molar-refractivity contribution in [2.45, 2.75) is 43.2 Å². The molecule has 7 heteroatoms. The van der Waals surface area contributed by atoms with Crippen LogP contribution in [0.4, 0.5) is 0 Å². The molecule has 1 aliphatic carbocycles. The standard InChI is InChI=1S/C11H16N4O2S/c1-9-2-4-11(7-12,5-3-9)15-18(16,17)10-6-13-8-14-10/h6,8-9,15H,2-5H2,1H3,(H,13,14). The van der Waals surface area contributed by atoms with Crippen molar-refractivity contribution in [1.29, 1.82) is 5.26 Å². The molecule has 0 spiro atoms. The zero-order chi connectivity index (χ0) is 13.2. The second-order valence-corrected chi connectivity index (χ2v) is 6.55. The quantitative estimate of drug-likeness (QED) is 0.859. The number of sulfonamides is 1. The maximum atomic E-state index is 12.1. The molecule has 1 fully saturated rings. The van der Waals surface area contributed by atoms with Gasteiger partial charge in [0.1, 0.15) is 5.54 Å². The maximum Gasteiger partial charge on any atom is 0.258 e. The summed E-state index contributed by atoms with van der Waals surface area (Å²) in [6.07, 6.45) is 5.36. The molecule has 2 N–H and O–H groups in total. The molecule has 0 aliphatic heterocycles. The van der Waals surface area contributed by atoms with Gasteiger partial charge in [0.25, 0.3) is 10.0 Å². The number of rotatable bonds is 3. The molecule has 18 heavy (non-hydrogen) atoms. The Kier molecular flexibility index (Phi) is 3.41. The third-order valence-electron chi connectivity index (χ3n) is 3.43. The topological polar surface area (TPSA) is 98.6 Å². The number of aromatic amines is 1. The van der Waals surface area contributed by atoms with Crippen LogP contribution < -0.4 is 4.72 Å². The van der Waals surface area contributed by atoms with Crippen LogP contribution in [0.5, 0.6) is 0 Å². The minimum Gasteiger partial charge on any atom is -0.335 e. The van der Waals surface area contributed by atoms with Crippen LogP contribution in [-0.2, 0) is 10.0 Å². The third kappa shape index (κ3) is 2.54. The van der Waals surface area contributed by atoms with Crippen molar-refractivity contribution >= 4 is 10.0 Å². The molecule has 1 heterocycles. The molecule has 0 radical (unpaired) electrons. The molecule has 0 saturated heterocycles. The monoisotopic (exact) mass is 268 g/mol. The second kappa shape index (κ2) is 4.71. The Morgan fingerprint density at radius 3 is 2.72 bits per heavy atom. The van der Waals surface area contributed by atoms with Crippen LogP contribution in [0.25, 0.3) is 0 Å². The highest BCUT2D eigenvalue weighted by Crippen LogP contribution is 2.32. The van der Waals surface area contributed by atoms with E-state index in [-0.39, 0.29) is 5.03 Å². The summed E-state index contributed by atoms with van der Waals surface area (Å²) in [4.78, 5) is 6.23. The van der Waals surface area contributed by atoms with Gasteiger partial charge in [-0.25, -0.2) is 13.4 Å². The van der Waals surface area contributed by atoms with E-state index < -0.39 is 15.6 Å². The van der Waals surface area contributed by atoms with Crippen molar-refractivity contribution in [2.75, 3.05) is 0 Å². The highest BCUT2D eigenvalue weighted by Gasteiger charge is 2.38. The van der Waals surface area contributed by atoms with Gasteiger partial charge in [-0.15, -0.1) is 0 Å². The van der Waals surface area contributed by atoms with Gasteiger partial charge in [-0.1, -0.05) is 6.92 Å². The molecule has 0 atom stereocenters. The summed E-state index contributed by atoms with van der Waals surface area (Å²) in [6.45, 7) is 2.12. The van der Waals surface area contributed by atoms with E-state index in [1.165, 1.54) is 12.5 Å². The first-order chi connectivity index (χ1) is 8.47. The third-order valence-corrected chi connectivity index (χ3v) is 4.90. The number of nitrogens with zero attached hydrogens (tertiary/aromatic N) is 2. The van der Waals surface area contributed by atoms with Crippen LogP contribution in [-0.4, -0.2) is 23.9 Å². The van der Waals surface area contributed by atoms with Gasteiger partial charge in [-0.2, -0.15) is 9.98 Å². The van der Waals surface area contributed by atoms with Crippen molar-refractivity contribution in [2.24, 2.45) is 5.92 Å². The summed E-state index contributed by atoms with van der Waals surface area (Å²) in [5, 5.41) is 9.28. The fraction of sp³-hybridized carbons (Fsp3) is 0.636. The van der Waals surface area contributed by atoms with Gasteiger partial charge in [0.15, 0.2) is 5.03 Å². The molecule has 1 aromatic rings. The lowest BCUT2D eigenvalue weighted by Gasteiger charge is -2.33. The minimum absolute atomic E-state index is 0.00394. The fourth-order valence-corrected chi connectivity index (χ4v) is 3.48. The number of nitrogens with one attached hydrogen (secondary N) is 2. The number of aromatic nitrogens is 2. The van der Waals surface area contributed by atoms with Gasteiger partial charge in [0, 0.05) is 0 Å². The minimum atomic E-state index is -3.70. The first kappa shape index (κ1) is 13.1. The van der Waals surface area contributed by atoms with E-state index in [1.54, 1.807) is 0 Å². The Morgan fingerprint density at radius 2 is 2.22 bits per heavy atom. The van der Waals surface area contributed by atoms with Crippen LogP contribution in [0.3, 0.4) is 0 Å². The first-order valence-electron chi connectivity index (χ1n) is 5.91. The predicted molar refractivity (Wildman–Crippen MR) is 64.9 cm³/mol. The predicted octanol–water partition coefficient (Wildman–Crippen LogP) is 1.16. The van der Waals surface area contributed by atoms with E-state index in [0.717, 1.165) is 12.8 Å². The molecule has 0 aromatic carbocycles. The van der Waals surface area contributed by atoms with Crippen LogP contribution in [0, 0.1) is 17.2 Å². The number of H-pyrrole nitrogens is 1. The van der Waals surface area contributed by atoms with Gasteiger partial charge in [-0.3, -0.25) is 0 Å². The van der Waals surface area contributed by atoms with Gasteiger partial charge in [0.05, 0.1) is 18.6 Å². The van der Waals surface area contributed by atoms with Crippen LogP contribution in [0.15, 0.2) is 17.6 Å². The second-order valence-electron chi connectivity index (χ2n) is 4.90. The summed E-state index contributed by atoms with van der Waals surface area (Å²) >= 11 is 0. The zero-order valence-corrected chi connectivity index (χ0v) is 11.0. The summed E-state index contributed by atoms with van der Waals surface area (Å²) in [6, 6.07) is 2.13. The number of hydrogen-bond acceptors (Lipinski definition) is 4. The normalized spacial score (nSPS) is 28.8. The molecular weight excluding hydrogens is 252 g/mol. The van der Waals surface area contributed by atoms with E-state index in [9.17, 15) is 13.7 Å². The van der Waals surface area contributed by atoms with Crippen molar-refractivity contribution in [3.63, 3.8) is 0 Å². The molecular formula is C11H16N4O2S. The van der Waals surface area contributed by atoms with E-state index in [1.807, 2.05) is 0 Å². The van der Waals surface area contributed by atoms with E-state index in [0.29, 0.717) is 18.8 Å². The lowest BCUT2D eigenvalue weighted by Crippen LogP contribution is -2.49. The highest BCUT2D eigenvalue weighted by atomic mass is 32.2. The molecule has 1 saturated carbocycles. The Morgan fingerprint density at radius 1 is 1.56 bits per heavy atom. The number of nitriles is 1. The average molecular weight is 268 g/mol. The van der Waals surface area contributed by atoms with Gasteiger partial charge in [-0.05, 0) is 31.6 Å². The Labute approximate surface area is 106 Å². The Hall–Kier alpha value is -1.39. The van der Waals surface area contributed by atoms with E-state index in [2.05, 4.69) is 27.7 Å². The summed E-state index contributed by atoms with van der Waals surface area (Å²) < 4.78 is 26.7. The lowest BCUT2D eigenvalue weighted by atomic mass is 9.79. The largest absolute Gasteiger partial charge is 0.335 e. The number of imidazole rings is 1. The molecule has 2 rings (SSSR count). The lowest BCUT2D eigenvalue weighted by molar-refractivity contribution is 0.277. The average Bonchev–Trinajstić information content (AvgIpc) is 2.87. The highest BCUT2D eigenvalue weighted by molar-refractivity contribution is 7.89. The zero-order valence-electron chi connectivity index (χ0n) is 10.2. The number of hydrogen-bond donors (Lipinski definition) is 2. The fourth-order valence-electron chi connectivity index (χ4n) is 2.19.